The molecule has 1 aromatic heterocycles. The third-order valence-corrected chi connectivity index (χ3v) is 4.50. The Morgan fingerprint density at radius 2 is 2.12 bits per heavy atom. The van der Waals surface area contributed by atoms with Crippen molar-refractivity contribution in [3.63, 3.8) is 0 Å². The molecule has 2 heterocycles. The predicted octanol–water partition coefficient (Wildman–Crippen LogP) is 3.18. The summed E-state index contributed by atoms with van der Waals surface area (Å²) in [7, 11) is 0. The summed E-state index contributed by atoms with van der Waals surface area (Å²) >= 11 is 0. The van der Waals surface area contributed by atoms with Gasteiger partial charge in [0.25, 0.3) is 0 Å². The number of urea groups is 1. The van der Waals surface area contributed by atoms with Gasteiger partial charge in [0.2, 0.25) is 0 Å². The first-order valence-electron chi connectivity index (χ1n) is 8.49. The van der Waals surface area contributed by atoms with E-state index in [1.165, 1.54) is 12.1 Å². The molecule has 0 saturated carbocycles. The molecule has 0 unspecified atom stereocenters. The molecule has 2 aromatic rings. The minimum absolute atomic E-state index is 0.0375. The van der Waals surface area contributed by atoms with E-state index in [-0.39, 0.29) is 17.9 Å². The highest BCUT2D eigenvalue weighted by Gasteiger charge is 2.26. The van der Waals surface area contributed by atoms with Crippen LogP contribution in [0.15, 0.2) is 42.7 Å². The number of nitrogens with zero attached hydrogens (tertiary/aromatic N) is 3. The molecule has 1 aliphatic rings. The highest BCUT2D eigenvalue weighted by atomic mass is 19.1. The first kappa shape index (κ1) is 16.5. The van der Waals surface area contributed by atoms with Gasteiger partial charge in [0.1, 0.15) is 5.82 Å². The fraction of sp³-hybridized carbons (Fsp3) is 0.444. The number of halogens is 1. The van der Waals surface area contributed by atoms with Crippen LogP contribution in [0.4, 0.5) is 9.18 Å². The third kappa shape index (κ3) is 4.34. The van der Waals surface area contributed by atoms with Crippen molar-refractivity contribution in [2.45, 2.75) is 44.8 Å². The topological polar surface area (TPSA) is 50.2 Å². The minimum Gasteiger partial charge on any atom is -0.334 e. The van der Waals surface area contributed by atoms with Gasteiger partial charge in [0.05, 0.1) is 0 Å². The van der Waals surface area contributed by atoms with Crippen molar-refractivity contribution in [1.29, 1.82) is 0 Å². The fourth-order valence-corrected chi connectivity index (χ4v) is 3.16. The van der Waals surface area contributed by atoms with Crippen LogP contribution in [0.2, 0.25) is 0 Å². The van der Waals surface area contributed by atoms with E-state index in [4.69, 9.17) is 0 Å². The van der Waals surface area contributed by atoms with Gasteiger partial charge in [-0.1, -0.05) is 12.1 Å². The Labute approximate surface area is 141 Å². The van der Waals surface area contributed by atoms with Gasteiger partial charge in [-0.05, 0) is 49.4 Å². The molecule has 1 aromatic carbocycles. The molecule has 0 radical (unpaired) electrons. The van der Waals surface area contributed by atoms with E-state index in [0.717, 1.165) is 44.3 Å². The molecular formula is C18H23FN4O. The van der Waals surface area contributed by atoms with Crippen LogP contribution in [-0.4, -0.2) is 33.3 Å². The number of hydrogen-bond donors (Lipinski definition) is 1. The van der Waals surface area contributed by atoms with Crippen molar-refractivity contribution < 1.29 is 9.18 Å². The molecule has 1 atom stereocenters. The Hall–Kier alpha value is -2.37. The predicted molar refractivity (Wildman–Crippen MR) is 89.8 cm³/mol. The summed E-state index contributed by atoms with van der Waals surface area (Å²) in [6.07, 6.45) is 7.86. The summed E-state index contributed by atoms with van der Waals surface area (Å²) in [5.74, 6) is -0.264. The van der Waals surface area contributed by atoms with Crippen LogP contribution in [0, 0.1) is 5.82 Å². The number of aromatic nitrogens is 2. The number of hydrogen-bond acceptors (Lipinski definition) is 2. The molecule has 0 spiro atoms. The van der Waals surface area contributed by atoms with Gasteiger partial charge in [-0.3, -0.25) is 4.68 Å². The first-order chi connectivity index (χ1) is 11.7. The molecule has 128 valence electrons. The molecular weight excluding hydrogens is 307 g/mol. The molecule has 1 aliphatic heterocycles. The minimum atomic E-state index is -0.264. The molecule has 0 aliphatic carbocycles. The lowest BCUT2D eigenvalue weighted by Gasteiger charge is -2.35. The van der Waals surface area contributed by atoms with Crippen molar-refractivity contribution in [1.82, 2.24) is 20.0 Å². The molecule has 2 amide bonds. The fourth-order valence-electron chi connectivity index (χ4n) is 3.16. The summed E-state index contributed by atoms with van der Waals surface area (Å²) in [5, 5.41) is 7.17. The normalized spacial score (nSPS) is 17.7. The average molecular weight is 330 g/mol. The lowest BCUT2D eigenvalue weighted by molar-refractivity contribution is 0.143. The second-order valence-electron chi connectivity index (χ2n) is 6.19. The summed E-state index contributed by atoms with van der Waals surface area (Å²) in [4.78, 5) is 14.5. The van der Waals surface area contributed by atoms with Crippen molar-refractivity contribution in [3.8, 4) is 0 Å². The number of amides is 2. The maximum atomic E-state index is 12.9. The Kier molecular flexibility index (Phi) is 5.46. The molecule has 6 heteroatoms. The zero-order valence-corrected chi connectivity index (χ0v) is 13.7. The number of likely N-dealkylation sites (tertiary alicyclic amines) is 1. The van der Waals surface area contributed by atoms with Gasteiger partial charge in [0.15, 0.2) is 0 Å². The third-order valence-electron chi connectivity index (χ3n) is 4.50. The standard InChI is InChI=1S/C18H23FN4O/c19-16-7-5-15(6-8-16)14-20-18(24)23-12-2-1-4-17(23)9-13-22-11-3-10-21-22/h3,5-8,10-11,17H,1-2,4,9,12-14H2,(H,20,24)/t17-/m1/s1. The van der Waals surface area contributed by atoms with Gasteiger partial charge in [0, 0.05) is 38.1 Å². The van der Waals surface area contributed by atoms with Crippen molar-refractivity contribution in [2.75, 3.05) is 6.54 Å². The second kappa shape index (κ2) is 7.95. The quantitative estimate of drug-likeness (QED) is 0.915. The van der Waals surface area contributed by atoms with Crippen LogP contribution in [0.3, 0.4) is 0 Å². The first-order valence-corrected chi connectivity index (χ1v) is 8.49. The summed E-state index contributed by atoms with van der Waals surface area (Å²) < 4.78 is 14.8. The molecule has 1 N–H and O–H groups in total. The lowest BCUT2D eigenvalue weighted by Crippen LogP contribution is -2.48. The van der Waals surface area contributed by atoms with Crippen LogP contribution in [-0.2, 0) is 13.1 Å². The molecule has 24 heavy (non-hydrogen) atoms. The Morgan fingerprint density at radius 1 is 1.29 bits per heavy atom. The highest BCUT2D eigenvalue weighted by Crippen LogP contribution is 2.20. The summed E-state index contributed by atoms with van der Waals surface area (Å²) in [5.41, 5.74) is 0.898. The number of carbonyl (C=O) groups excluding carboxylic acids is 1. The van der Waals surface area contributed by atoms with E-state index >= 15 is 0 Å². The summed E-state index contributed by atoms with van der Waals surface area (Å²) in [6, 6.07) is 8.33. The molecule has 0 bridgehead atoms. The number of rotatable bonds is 5. The molecule has 3 rings (SSSR count). The average Bonchev–Trinajstić information content (AvgIpc) is 3.13. The Balaban J connectivity index is 1.53. The van der Waals surface area contributed by atoms with Crippen LogP contribution in [0.1, 0.15) is 31.2 Å². The van der Waals surface area contributed by atoms with E-state index < -0.39 is 0 Å². The van der Waals surface area contributed by atoms with Gasteiger partial charge < -0.3 is 10.2 Å². The zero-order valence-electron chi connectivity index (χ0n) is 13.7. The largest absolute Gasteiger partial charge is 0.334 e. The number of aryl methyl sites for hydroxylation is 1. The van der Waals surface area contributed by atoms with E-state index in [0.29, 0.717) is 6.54 Å². The van der Waals surface area contributed by atoms with E-state index in [2.05, 4.69) is 10.4 Å². The van der Waals surface area contributed by atoms with Crippen LogP contribution >= 0.6 is 0 Å². The Bertz CT molecular complexity index is 642. The number of benzene rings is 1. The van der Waals surface area contributed by atoms with Crippen molar-refractivity contribution >= 4 is 6.03 Å². The van der Waals surface area contributed by atoms with E-state index in [1.807, 2.05) is 21.8 Å². The number of nitrogens with one attached hydrogen (secondary N) is 1. The lowest BCUT2D eigenvalue weighted by atomic mass is 10.00. The van der Waals surface area contributed by atoms with Gasteiger partial charge >= 0.3 is 6.03 Å². The van der Waals surface area contributed by atoms with E-state index in [1.54, 1.807) is 18.3 Å². The maximum absolute atomic E-state index is 12.9. The molecule has 1 fully saturated rings. The van der Waals surface area contributed by atoms with Gasteiger partial charge in [-0.25, -0.2) is 9.18 Å². The highest BCUT2D eigenvalue weighted by molar-refractivity contribution is 5.74. The van der Waals surface area contributed by atoms with Crippen LogP contribution in [0.5, 0.6) is 0 Å². The van der Waals surface area contributed by atoms with Gasteiger partial charge in [-0.15, -0.1) is 0 Å². The molecule has 5 nitrogen and oxygen atoms in total. The maximum Gasteiger partial charge on any atom is 0.317 e. The van der Waals surface area contributed by atoms with Crippen molar-refractivity contribution in [2.24, 2.45) is 0 Å². The summed E-state index contributed by atoms with van der Waals surface area (Å²) in [6.45, 7) is 2.03. The SMILES string of the molecule is O=C(NCc1ccc(F)cc1)N1CCCC[C@@H]1CCn1cccn1. The van der Waals surface area contributed by atoms with E-state index in [9.17, 15) is 9.18 Å². The van der Waals surface area contributed by atoms with Crippen molar-refractivity contribution in [3.05, 3.63) is 54.1 Å². The number of piperidine rings is 1. The molecule has 1 saturated heterocycles. The number of carbonyl (C=O) groups is 1. The second-order valence-corrected chi connectivity index (χ2v) is 6.19. The Morgan fingerprint density at radius 3 is 2.88 bits per heavy atom. The van der Waals surface area contributed by atoms with Crippen LogP contribution in [0.25, 0.3) is 0 Å². The monoisotopic (exact) mass is 330 g/mol. The van der Waals surface area contributed by atoms with Gasteiger partial charge in [-0.2, -0.15) is 5.10 Å². The zero-order chi connectivity index (χ0) is 16.8. The smallest absolute Gasteiger partial charge is 0.317 e. The van der Waals surface area contributed by atoms with Crippen LogP contribution < -0.4 is 5.32 Å².